The third-order valence-corrected chi connectivity index (χ3v) is 3.35. The number of ether oxygens (including phenoxy) is 2. The predicted molar refractivity (Wildman–Crippen MR) is 68.6 cm³/mol. The summed E-state index contributed by atoms with van der Waals surface area (Å²) in [6.45, 7) is 2.13. The summed E-state index contributed by atoms with van der Waals surface area (Å²) in [6, 6.07) is 6.43. The molecule has 0 radical (unpaired) electrons. The topological polar surface area (TPSA) is 44.5 Å². The fourth-order valence-corrected chi connectivity index (χ4v) is 2.29. The van der Waals surface area contributed by atoms with Crippen LogP contribution in [0.15, 0.2) is 18.2 Å². The van der Waals surface area contributed by atoms with Crippen molar-refractivity contribution in [3.8, 4) is 11.5 Å². The van der Waals surface area contributed by atoms with Crippen LogP contribution in [0.4, 0.5) is 0 Å². The number of rotatable bonds is 4. The van der Waals surface area contributed by atoms with Gasteiger partial charge in [-0.3, -0.25) is 0 Å². The minimum atomic E-state index is 0.242. The molecule has 0 aliphatic heterocycles. The van der Waals surface area contributed by atoms with Crippen molar-refractivity contribution in [2.45, 2.75) is 44.8 Å². The first-order valence-electron chi connectivity index (χ1n) is 6.32. The summed E-state index contributed by atoms with van der Waals surface area (Å²) in [6.07, 6.45) is 4.29. The fourth-order valence-electron chi connectivity index (χ4n) is 2.29. The third kappa shape index (κ3) is 2.91. The molecule has 0 heterocycles. The largest absolute Gasteiger partial charge is 0.493 e. The molecule has 0 saturated heterocycles. The van der Waals surface area contributed by atoms with Crippen molar-refractivity contribution in [2.24, 2.45) is 5.73 Å². The highest BCUT2D eigenvalue weighted by Gasteiger charge is 2.24. The number of hydrogen-bond donors (Lipinski definition) is 1. The Bertz CT molecular complexity index is 378. The zero-order valence-electron chi connectivity index (χ0n) is 10.6. The number of benzene rings is 1. The first kappa shape index (κ1) is 12.2. The highest BCUT2D eigenvalue weighted by atomic mass is 16.5. The molecular weight excluding hydrogens is 214 g/mol. The van der Waals surface area contributed by atoms with Crippen molar-refractivity contribution in [1.82, 2.24) is 0 Å². The Labute approximate surface area is 103 Å². The average molecular weight is 235 g/mol. The Hall–Kier alpha value is -1.22. The van der Waals surface area contributed by atoms with E-state index >= 15 is 0 Å². The molecule has 2 atom stereocenters. The van der Waals surface area contributed by atoms with Gasteiger partial charge in [0.15, 0.2) is 11.5 Å². The molecule has 0 spiro atoms. The maximum atomic E-state index is 5.96. The summed E-state index contributed by atoms with van der Waals surface area (Å²) in [5, 5.41) is 0. The molecule has 1 aromatic carbocycles. The SMILES string of the molecule is CCc1ccc(OC2CCC(N)C2)c(OC)c1. The van der Waals surface area contributed by atoms with Gasteiger partial charge < -0.3 is 15.2 Å². The van der Waals surface area contributed by atoms with E-state index in [-0.39, 0.29) is 6.10 Å². The molecule has 1 aliphatic carbocycles. The van der Waals surface area contributed by atoms with Crippen LogP contribution in [0.1, 0.15) is 31.7 Å². The Morgan fingerprint density at radius 2 is 2.12 bits per heavy atom. The monoisotopic (exact) mass is 235 g/mol. The highest BCUT2D eigenvalue weighted by Crippen LogP contribution is 2.32. The third-order valence-electron chi connectivity index (χ3n) is 3.35. The second-order valence-electron chi connectivity index (χ2n) is 4.65. The van der Waals surface area contributed by atoms with Gasteiger partial charge in [0.25, 0.3) is 0 Å². The van der Waals surface area contributed by atoms with Crippen LogP contribution in [-0.4, -0.2) is 19.3 Å². The molecule has 2 N–H and O–H groups in total. The van der Waals surface area contributed by atoms with E-state index in [1.807, 2.05) is 12.1 Å². The lowest BCUT2D eigenvalue weighted by molar-refractivity contribution is 0.199. The lowest BCUT2D eigenvalue weighted by atomic mass is 10.1. The van der Waals surface area contributed by atoms with E-state index in [0.717, 1.165) is 37.2 Å². The van der Waals surface area contributed by atoms with Gasteiger partial charge in [0.1, 0.15) is 6.10 Å². The molecule has 1 aliphatic rings. The Morgan fingerprint density at radius 3 is 2.71 bits per heavy atom. The first-order valence-corrected chi connectivity index (χ1v) is 6.32. The molecule has 1 fully saturated rings. The zero-order valence-corrected chi connectivity index (χ0v) is 10.6. The maximum Gasteiger partial charge on any atom is 0.161 e. The van der Waals surface area contributed by atoms with E-state index in [2.05, 4.69) is 13.0 Å². The molecule has 1 saturated carbocycles. The molecule has 0 bridgehead atoms. The van der Waals surface area contributed by atoms with Crippen molar-refractivity contribution in [3.63, 3.8) is 0 Å². The van der Waals surface area contributed by atoms with Crippen molar-refractivity contribution < 1.29 is 9.47 Å². The predicted octanol–water partition coefficient (Wildman–Crippen LogP) is 2.52. The second kappa shape index (κ2) is 5.41. The van der Waals surface area contributed by atoms with Gasteiger partial charge in [0.05, 0.1) is 7.11 Å². The van der Waals surface area contributed by atoms with Gasteiger partial charge in [0, 0.05) is 6.04 Å². The van der Waals surface area contributed by atoms with Crippen LogP contribution in [0.5, 0.6) is 11.5 Å². The van der Waals surface area contributed by atoms with E-state index in [1.54, 1.807) is 7.11 Å². The van der Waals surface area contributed by atoms with Gasteiger partial charge in [0.2, 0.25) is 0 Å². The van der Waals surface area contributed by atoms with Gasteiger partial charge in [-0.1, -0.05) is 13.0 Å². The molecular formula is C14H21NO2. The quantitative estimate of drug-likeness (QED) is 0.872. The number of nitrogens with two attached hydrogens (primary N) is 1. The molecule has 2 rings (SSSR count). The van der Waals surface area contributed by atoms with Crippen molar-refractivity contribution in [3.05, 3.63) is 23.8 Å². The van der Waals surface area contributed by atoms with Crippen LogP contribution in [0.25, 0.3) is 0 Å². The summed E-state index contributed by atoms with van der Waals surface area (Å²) in [4.78, 5) is 0. The minimum Gasteiger partial charge on any atom is -0.493 e. The molecule has 0 aromatic heterocycles. The molecule has 94 valence electrons. The van der Waals surface area contributed by atoms with Crippen molar-refractivity contribution >= 4 is 0 Å². The number of aryl methyl sites for hydroxylation is 1. The summed E-state index contributed by atoms with van der Waals surface area (Å²) >= 11 is 0. The second-order valence-corrected chi connectivity index (χ2v) is 4.65. The van der Waals surface area contributed by atoms with E-state index < -0.39 is 0 Å². The van der Waals surface area contributed by atoms with Crippen LogP contribution in [0.3, 0.4) is 0 Å². The summed E-state index contributed by atoms with van der Waals surface area (Å²) in [5.74, 6) is 1.66. The molecule has 17 heavy (non-hydrogen) atoms. The summed E-state index contributed by atoms with van der Waals surface area (Å²) < 4.78 is 11.3. The minimum absolute atomic E-state index is 0.242. The number of hydrogen-bond acceptors (Lipinski definition) is 3. The average Bonchev–Trinajstić information content (AvgIpc) is 2.75. The Balaban J connectivity index is 2.09. The molecule has 1 aromatic rings. The maximum absolute atomic E-state index is 5.96. The van der Waals surface area contributed by atoms with Crippen molar-refractivity contribution in [2.75, 3.05) is 7.11 Å². The van der Waals surface area contributed by atoms with Gasteiger partial charge in [-0.05, 0) is 43.4 Å². The van der Waals surface area contributed by atoms with E-state index in [1.165, 1.54) is 5.56 Å². The van der Waals surface area contributed by atoms with Crippen LogP contribution in [0.2, 0.25) is 0 Å². The molecule has 0 amide bonds. The Kier molecular flexibility index (Phi) is 3.89. The van der Waals surface area contributed by atoms with Crippen LogP contribution >= 0.6 is 0 Å². The highest BCUT2D eigenvalue weighted by molar-refractivity contribution is 5.43. The summed E-state index contributed by atoms with van der Waals surface area (Å²) in [5.41, 5.74) is 7.15. The lowest BCUT2D eigenvalue weighted by Crippen LogP contribution is -2.19. The van der Waals surface area contributed by atoms with Gasteiger partial charge in [-0.15, -0.1) is 0 Å². The summed E-state index contributed by atoms with van der Waals surface area (Å²) in [7, 11) is 1.68. The van der Waals surface area contributed by atoms with Crippen LogP contribution < -0.4 is 15.2 Å². The Morgan fingerprint density at radius 1 is 1.29 bits per heavy atom. The standard InChI is InChI=1S/C14H21NO2/c1-3-10-4-7-13(14(8-10)16-2)17-12-6-5-11(15)9-12/h4,7-8,11-12H,3,5-6,9,15H2,1-2H3. The van der Waals surface area contributed by atoms with Gasteiger partial charge >= 0.3 is 0 Å². The van der Waals surface area contributed by atoms with Crippen LogP contribution in [-0.2, 0) is 6.42 Å². The van der Waals surface area contributed by atoms with E-state index in [9.17, 15) is 0 Å². The van der Waals surface area contributed by atoms with Crippen molar-refractivity contribution in [1.29, 1.82) is 0 Å². The fraction of sp³-hybridized carbons (Fsp3) is 0.571. The molecule has 3 heteroatoms. The molecule has 3 nitrogen and oxygen atoms in total. The van der Waals surface area contributed by atoms with Gasteiger partial charge in [-0.25, -0.2) is 0 Å². The van der Waals surface area contributed by atoms with Gasteiger partial charge in [-0.2, -0.15) is 0 Å². The van der Waals surface area contributed by atoms with E-state index in [0.29, 0.717) is 6.04 Å². The van der Waals surface area contributed by atoms with Crippen LogP contribution in [0, 0.1) is 0 Å². The van der Waals surface area contributed by atoms with E-state index in [4.69, 9.17) is 15.2 Å². The smallest absolute Gasteiger partial charge is 0.161 e. The number of methoxy groups -OCH3 is 1. The first-order chi connectivity index (χ1) is 8.22. The normalized spacial score (nSPS) is 23.7. The zero-order chi connectivity index (χ0) is 12.3. The molecule has 2 unspecified atom stereocenters. The lowest BCUT2D eigenvalue weighted by Gasteiger charge is -2.16.